The van der Waals surface area contributed by atoms with E-state index in [-0.39, 0.29) is 5.75 Å². The van der Waals surface area contributed by atoms with Gasteiger partial charge in [0.25, 0.3) is 0 Å². The van der Waals surface area contributed by atoms with Crippen molar-refractivity contribution in [1.29, 1.82) is 0 Å². The van der Waals surface area contributed by atoms with E-state index in [4.69, 9.17) is 4.74 Å². The normalized spacial score (nSPS) is 10.9. The van der Waals surface area contributed by atoms with Crippen molar-refractivity contribution in [3.05, 3.63) is 66.6 Å². The van der Waals surface area contributed by atoms with Crippen molar-refractivity contribution in [3.8, 4) is 11.5 Å². The van der Waals surface area contributed by atoms with Gasteiger partial charge in [-0.25, -0.2) is 18.7 Å². The molecule has 1 N–H and O–H groups in total. The second-order valence-electron chi connectivity index (χ2n) is 5.55. The molecule has 0 atom stereocenters. The van der Waals surface area contributed by atoms with E-state index in [9.17, 15) is 8.78 Å². The maximum absolute atomic E-state index is 13.8. The zero-order chi connectivity index (χ0) is 18.1. The van der Waals surface area contributed by atoms with Crippen LogP contribution in [0, 0.1) is 11.6 Å². The molecule has 0 spiro atoms. The molecular formula is C18H13F2N5O. The minimum Gasteiger partial charge on any atom is -0.451 e. The number of rotatable bonds is 4. The lowest BCUT2D eigenvalue weighted by Crippen LogP contribution is -1.98. The van der Waals surface area contributed by atoms with E-state index in [1.807, 2.05) is 0 Å². The highest BCUT2D eigenvalue weighted by molar-refractivity contribution is 5.91. The third-order valence-corrected chi connectivity index (χ3v) is 3.71. The molecule has 2 heterocycles. The van der Waals surface area contributed by atoms with Crippen LogP contribution in [0.3, 0.4) is 0 Å². The van der Waals surface area contributed by atoms with E-state index in [0.29, 0.717) is 22.5 Å². The third-order valence-electron chi connectivity index (χ3n) is 3.71. The second kappa shape index (κ2) is 6.40. The number of hydrogen-bond donors (Lipinski definition) is 1. The number of nitrogens with one attached hydrogen (secondary N) is 1. The van der Waals surface area contributed by atoms with Crippen LogP contribution in [0.2, 0.25) is 0 Å². The highest BCUT2D eigenvalue weighted by Crippen LogP contribution is 2.31. The van der Waals surface area contributed by atoms with E-state index in [1.54, 1.807) is 42.2 Å². The molecule has 0 bridgehead atoms. The molecule has 0 saturated heterocycles. The Labute approximate surface area is 147 Å². The SMILES string of the molecule is Cn1ccc(Nc2ncnc3ccc(Oc4c(F)cccc4F)cc23)n1. The number of fused-ring (bicyclic) bond motifs is 1. The summed E-state index contributed by atoms with van der Waals surface area (Å²) in [4.78, 5) is 8.41. The number of para-hydroxylation sites is 1. The van der Waals surface area contributed by atoms with Crippen LogP contribution >= 0.6 is 0 Å². The number of benzene rings is 2. The fraction of sp³-hybridized carbons (Fsp3) is 0.0556. The van der Waals surface area contributed by atoms with Gasteiger partial charge in [0.05, 0.1) is 5.52 Å². The van der Waals surface area contributed by atoms with Crippen molar-refractivity contribution in [1.82, 2.24) is 19.7 Å². The van der Waals surface area contributed by atoms with Crippen molar-refractivity contribution < 1.29 is 13.5 Å². The predicted molar refractivity (Wildman–Crippen MR) is 92.5 cm³/mol. The molecule has 4 aromatic rings. The fourth-order valence-electron chi connectivity index (χ4n) is 2.50. The van der Waals surface area contributed by atoms with E-state index in [0.717, 1.165) is 12.1 Å². The minimum atomic E-state index is -0.777. The zero-order valence-electron chi connectivity index (χ0n) is 13.6. The van der Waals surface area contributed by atoms with Crippen LogP contribution in [0.25, 0.3) is 10.9 Å². The van der Waals surface area contributed by atoms with Crippen molar-refractivity contribution in [2.24, 2.45) is 7.05 Å². The van der Waals surface area contributed by atoms with Crippen LogP contribution in [0.4, 0.5) is 20.4 Å². The second-order valence-corrected chi connectivity index (χ2v) is 5.55. The molecule has 0 fully saturated rings. The third kappa shape index (κ3) is 3.04. The van der Waals surface area contributed by atoms with Crippen LogP contribution < -0.4 is 10.1 Å². The first-order chi connectivity index (χ1) is 12.6. The lowest BCUT2D eigenvalue weighted by atomic mass is 10.2. The van der Waals surface area contributed by atoms with Crippen molar-refractivity contribution in [3.63, 3.8) is 0 Å². The summed E-state index contributed by atoms with van der Waals surface area (Å²) in [5.74, 6) is -0.627. The maximum Gasteiger partial charge on any atom is 0.198 e. The summed E-state index contributed by atoms with van der Waals surface area (Å²) in [6, 6.07) is 10.2. The Bertz CT molecular complexity index is 1080. The van der Waals surface area contributed by atoms with Gasteiger partial charge in [0, 0.05) is 24.7 Å². The molecule has 8 heteroatoms. The molecule has 0 radical (unpaired) electrons. The Morgan fingerprint density at radius 2 is 1.85 bits per heavy atom. The molecule has 2 aromatic carbocycles. The van der Waals surface area contributed by atoms with Crippen LogP contribution in [-0.2, 0) is 7.05 Å². The van der Waals surface area contributed by atoms with E-state index in [1.165, 1.54) is 12.4 Å². The Morgan fingerprint density at radius 3 is 2.58 bits per heavy atom. The molecule has 0 aliphatic heterocycles. The zero-order valence-corrected chi connectivity index (χ0v) is 13.6. The van der Waals surface area contributed by atoms with Crippen molar-refractivity contribution >= 4 is 22.5 Å². The van der Waals surface area contributed by atoms with Gasteiger partial charge in [-0.05, 0) is 30.3 Å². The van der Waals surface area contributed by atoms with Gasteiger partial charge in [-0.15, -0.1) is 0 Å². The van der Waals surface area contributed by atoms with E-state index >= 15 is 0 Å². The quantitative estimate of drug-likeness (QED) is 0.596. The number of ether oxygens (including phenoxy) is 1. The maximum atomic E-state index is 13.8. The predicted octanol–water partition coefficient (Wildman–Crippen LogP) is 4.18. The van der Waals surface area contributed by atoms with Gasteiger partial charge < -0.3 is 10.1 Å². The molecule has 0 saturated carbocycles. The number of aryl methyl sites for hydroxylation is 1. The molecular weight excluding hydrogens is 340 g/mol. The summed E-state index contributed by atoms with van der Waals surface area (Å²) in [6.07, 6.45) is 3.21. The number of anilines is 2. The fourth-order valence-corrected chi connectivity index (χ4v) is 2.50. The Morgan fingerprint density at radius 1 is 1.04 bits per heavy atom. The lowest BCUT2D eigenvalue weighted by Gasteiger charge is -2.10. The molecule has 0 aliphatic rings. The molecule has 2 aromatic heterocycles. The van der Waals surface area contributed by atoms with Crippen LogP contribution in [0.1, 0.15) is 0 Å². The van der Waals surface area contributed by atoms with Gasteiger partial charge in [-0.2, -0.15) is 5.10 Å². The minimum absolute atomic E-state index is 0.264. The smallest absolute Gasteiger partial charge is 0.198 e. The van der Waals surface area contributed by atoms with Crippen LogP contribution in [-0.4, -0.2) is 19.7 Å². The molecule has 6 nitrogen and oxygen atoms in total. The molecule has 0 aliphatic carbocycles. The van der Waals surface area contributed by atoms with Crippen LogP contribution in [0.15, 0.2) is 55.0 Å². The summed E-state index contributed by atoms with van der Waals surface area (Å²) in [6.45, 7) is 0. The summed E-state index contributed by atoms with van der Waals surface area (Å²) < 4.78 is 34.7. The monoisotopic (exact) mass is 353 g/mol. The molecule has 0 unspecified atom stereocenters. The average Bonchev–Trinajstić information content (AvgIpc) is 3.04. The number of hydrogen-bond acceptors (Lipinski definition) is 5. The molecule has 26 heavy (non-hydrogen) atoms. The van der Waals surface area contributed by atoms with Gasteiger partial charge in [0.1, 0.15) is 17.9 Å². The van der Waals surface area contributed by atoms with Gasteiger partial charge in [0.2, 0.25) is 0 Å². The first-order valence-corrected chi connectivity index (χ1v) is 7.73. The lowest BCUT2D eigenvalue weighted by molar-refractivity contribution is 0.408. The van der Waals surface area contributed by atoms with Gasteiger partial charge in [0.15, 0.2) is 23.2 Å². The number of aromatic nitrogens is 4. The van der Waals surface area contributed by atoms with Gasteiger partial charge >= 0.3 is 0 Å². The van der Waals surface area contributed by atoms with E-state index in [2.05, 4.69) is 20.4 Å². The summed E-state index contributed by atoms with van der Waals surface area (Å²) in [5, 5.41) is 7.97. The number of nitrogens with zero attached hydrogens (tertiary/aromatic N) is 4. The van der Waals surface area contributed by atoms with E-state index < -0.39 is 17.4 Å². The average molecular weight is 353 g/mol. The summed E-state index contributed by atoms with van der Waals surface area (Å²) in [5.41, 5.74) is 0.653. The standard InChI is InChI=1S/C18H13F2N5O/c1-25-8-7-16(24-25)23-18-12-9-11(5-6-15(12)21-10-22-18)26-17-13(19)3-2-4-14(17)20/h2-10H,1H3,(H,21,22,23,24). The topological polar surface area (TPSA) is 64.9 Å². The largest absolute Gasteiger partial charge is 0.451 e. The highest BCUT2D eigenvalue weighted by atomic mass is 19.1. The number of halogens is 2. The Kier molecular flexibility index (Phi) is 3.92. The summed E-state index contributed by atoms with van der Waals surface area (Å²) in [7, 11) is 1.80. The molecule has 4 rings (SSSR count). The van der Waals surface area contributed by atoms with Gasteiger partial charge in [-0.1, -0.05) is 6.07 Å². The summed E-state index contributed by atoms with van der Waals surface area (Å²) >= 11 is 0. The Hall–Kier alpha value is -3.55. The van der Waals surface area contributed by atoms with Crippen molar-refractivity contribution in [2.45, 2.75) is 0 Å². The van der Waals surface area contributed by atoms with Crippen molar-refractivity contribution in [2.75, 3.05) is 5.32 Å². The van der Waals surface area contributed by atoms with Gasteiger partial charge in [-0.3, -0.25) is 4.68 Å². The Balaban J connectivity index is 1.73. The molecule has 0 amide bonds. The van der Waals surface area contributed by atoms with Crippen LogP contribution in [0.5, 0.6) is 11.5 Å². The molecule has 130 valence electrons. The highest BCUT2D eigenvalue weighted by Gasteiger charge is 2.13. The first kappa shape index (κ1) is 15.9. The first-order valence-electron chi connectivity index (χ1n) is 7.73.